The van der Waals surface area contributed by atoms with Gasteiger partial charge in [-0.2, -0.15) is 0 Å². The van der Waals surface area contributed by atoms with Crippen molar-refractivity contribution in [3.8, 4) is 17.2 Å². The number of benzene rings is 2. The molecule has 8 heteroatoms. The number of nitro groups is 1. The van der Waals surface area contributed by atoms with Gasteiger partial charge in [0.15, 0.2) is 11.1 Å². The van der Waals surface area contributed by atoms with Gasteiger partial charge in [-0.1, -0.05) is 0 Å². The molecule has 0 aliphatic rings. The van der Waals surface area contributed by atoms with E-state index in [1.165, 1.54) is 43.5 Å². The number of nitrogens with zero attached hydrogens (tertiary/aromatic N) is 2. The van der Waals surface area contributed by atoms with Crippen molar-refractivity contribution in [3.05, 3.63) is 52.1 Å². The van der Waals surface area contributed by atoms with Crippen molar-refractivity contribution in [2.45, 2.75) is 0 Å². The van der Waals surface area contributed by atoms with Crippen LogP contribution in [0.25, 0.3) is 22.6 Å². The predicted molar refractivity (Wildman–Crippen MR) is 79.6 cm³/mol. The van der Waals surface area contributed by atoms with Gasteiger partial charge in [0.25, 0.3) is 5.69 Å². The number of aromatic carboxylic acids is 1. The largest absolute Gasteiger partial charge is 0.494 e. The number of carboxylic acid groups (broad SMARTS) is 1. The molecule has 1 N–H and O–H groups in total. The van der Waals surface area contributed by atoms with Crippen LogP contribution in [0.3, 0.4) is 0 Å². The molecule has 0 spiro atoms. The summed E-state index contributed by atoms with van der Waals surface area (Å²) in [6.07, 6.45) is 0. The first kappa shape index (κ1) is 14.5. The summed E-state index contributed by atoms with van der Waals surface area (Å²) in [7, 11) is 1.44. The third kappa shape index (κ3) is 2.46. The molecule has 8 nitrogen and oxygen atoms in total. The Morgan fingerprint density at radius 1 is 1.26 bits per heavy atom. The number of ether oxygens (including phenoxy) is 1. The maximum atomic E-state index is 11.3. The van der Waals surface area contributed by atoms with Crippen LogP contribution in [0.4, 0.5) is 5.69 Å². The van der Waals surface area contributed by atoms with Gasteiger partial charge < -0.3 is 14.3 Å². The molecule has 0 aliphatic carbocycles. The Hall–Kier alpha value is -3.42. The quantitative estimate of drug-likeness (QED) is 0.581. The molecule has 0 atom stereocenters. The number of carboxylic acids is 1. The monoisotopic (exact) mass is 314 g/mol. The second-order valence-electron chi connectivity index (χ2n) is 4.62. The highest BCUT2D eigenvalue weighted by molar-refractivity contribution is 6.02. The van der Waals surface area contributed by atoms with Crippen LogP contribution in [0, 0.1) is 10.1 Å². The number of nitro benzene ring substituents is 1. The fraction of sp³-hybridized carbons (Fsp3) is 0.0667. The molecule has 1 heterocycles. The number of rotatable bonds is 4. The zero-order valence-corrected chi connectivity index (χ0v) is 11.8. The first-order valence-corrected chi connectivity index (χ1v) is 6.47. The molecule has 1 aromatic heterocycles. The summed E-state index contributed by atoms with van der Waals surface area (Å²) in [5, 5.41) is 19.9. The van der Waals surface area contributed by atoms with E-state index in [2.05, 4.69) is 4.98 Å². The highest BCUT2D eigenvalue weighted by Gasteiger charge is 2.19. The number of carbonyl (C=O) groups is 1. The number of fused-ring (bicyclic) bond motifs is 1. The SMILES string of the molecule is COc1ccc(C(=O)O)c2oc(-c3ccc([N+](=O)[O-])cc3)nc12. The fourth-order valence-corrected chi connectivity index (χ4v) is 2.17. The van der Waals surface area contributed by atoms with Crippen LogP contribution in [-0.4, -0.2) is 28.1 Å². The minimum Gasteiger partial charge on any atom is -0.494 e. The summed E-state index contributed by atoms with van der Waals surface area (Å²) in [5.74, 6) is -0.618. The first-order valence-electron chi connectivity index (χ1n) is 6.47. The molecule has 116 valence electrons. The number of methoxy groups -OCH3 is 1. The van der Waals surface area contributed by atoms with Crippen molar-refractivity contribution in [2.24, 2.45) is 0 Å². The second kappa shape index (κ2) is 5.41. The molecule has 0 saturated heterocycles. The van der Waals surface area contributed by atoms with Crippen LogP contribution in [-0.2, 0) is 0 Å². The first-order chi connectivity index (χ1) is 11.0. The van der Waals surface area contributed by atoms with Gasteiger partial charge in [-0.05, 0) is 24.3 Å². The number of non-ortho nitro benzene ring substituents is 1. The fourth-order valence-electron chi connectivity index (χ4n) is 2.17. The number of aromatic nitrogens is 1. The molecule has 23 heavy (non-hydrogen) atoms. The average molecular weight is 314 g/mol. The van der Waals surface area contributed by atoms with Crippen LogP contribution in [0.1, 0.15) is 10.4 Å². The van der Waals surface area contributed by atoms with Crippen molar-refractivity contribution >= 4 is 22.8 Å². The van der Waals surface area contributed by atoms with Crippen LogP contribution < -0.4 is 4.74 Å². The maximum absolute atomic E-state index is 11.3. The number of hydrogen-bond donors (Lipinski definition) is 1. The van der Waals surface area contributed by atoms with Gasteiger partial charge in [0.05, 0.1) is 12.0 Å². The molecule has 0 bridgehead atoms. The third-order valence-corrected chi connectivity index (χ3v) is 3.28. The lowest BCUT2D eigenvalue weighted by molar-refractivity contribution is -0.384. The molecule has 0 amide bonds. The van der Waals surface area contributed by atoms with Crippen molar-refractivity contribution in [1.29, 1.82) is 0 Å². The highest BCUT2D eigenvalue weighted by atomic mass is 16.6. The molecule has 3 aromatic rings. The van der Waals surface area contributed by atoms with Crippen molar-refractivity contribution < 1.29 is 24.0 Å². The summed E-state index contributed by atoms with van der Waals surface area (Å²) >= 11 is 0. The summed E-state index contributed by atoms with van der Waals surface area (Å²) in [6, 6.07) is 8.47. The van der Waals surface area contributed by atoms with E-state index in [4.69, 9.17) is 9.15 Å². The van der Waals surface area contributed by atoms with Gasteiger partial charge in [0.2, 0.25) is 5.89 Å². The molecular weight excluding hydrogens is 304 g/mol. The van der Waals surface area contributed by atoms with Crippen LogP contribution in [0.5, 0.6) is 5.75 Å². The number of hydrogen-bond acceptors (Lipinski definition) is 6. The van der Waals surface area contributed by atoms with Gasteiger partial charge in [0, 0.05) is 17.7 Å². The van der Waals surface area contributed by atoms with E-state index in [0.29, 0.717) is 11.3 Å². The lowest BCUT2D eigenvalue weighted by Gasteiger charge is -2.00. The van der Waals surface area contributed by atoms with Gasteiger partial charge in [-0.25, -0.2) is 9.78 Å². The molecular formula is C15H10N2O6. The minimum atomic E-state index is -1.15. The summed E-state index contributed by atoms with van der Waals surface area (Å²) in [5.41, 5.74) is 0.756. The summed E-state index contributed by atoms with van der Waals surface area (Å²) in [6.45, 7) is 0. The Bertz CT molecular complexity index is 914. The smallest absolute Gasteiger partial charge is 0.339 e. The maximum Gasteiger partial charge on any atom is 0.339 e. The Morgan fingerprint density at radius 2 is 1.96 bits per heavy atom. The van der Waals surface area contributed by atoms with E-state index in [1.807, 2.05) is 0 Å². The molecule has 2 aromatic carbocycles. The summed E-state index contributed by atoms with van der Waals surface area (Å²) < 4.78 is 10.7. The highest BCUT2D eigenvalue weighted by Crippen LogP contribution is 2.33. The van der Waals surface area contributed by atoms with E-state index in [-0.39, 0.29) is 28.2 Å². The zero-order chi connectivity index (χ0) is 16.6. The van der Waals surface area contributed by atoms with Gasteiger partial charge in [-0.15, -0.1) is 0 Å². The molecule has 0 unspecified atom stereocenters. The average Bonchev–Trinajstić information content (AvgIpc) is 2.98. The summed E-state index contributed by atoms with van der Waals surface area (Å²) in [4.78, 5) is 25.7. The van der Waals surface area contributed by atoms with E-state index in [1.54, 1.807) is 0 Å². The minimum absolute atomic E-state index is 0.0403. The van der Waals surface area contributed by atoms with E-state index < -0.39 is 10.9 Å². The normalized spacial score (nSPS) is 10.7. The topological polar surface area (TPSA) is 116 Å². The standard InChI is InChI=1S/C15H10N2O6/c1-22-11-7-6-10(15(18)19)13-12(11)16-14(23-13)8-2-4-9(5-3-8)17(20)21/h2-7H,1H3,(H,18,19). The molecule has 0 fully saturated rings. The number of oxazole rings is 1. The Morgan fingerprint density at radius 3 is 2.52 bits per heavy atom. The molecule has 0 aliphatic heterocycles. The molecule has 0 radical (unpaired) electrons. The Balaban J connectivity index is 2.17. The lowest BCUT2D eigenvalue weighted by atomic mass is 10.2. The van der Waals surface area contributed by atoms with E-state index >= 15 is 0 Å². The van der Waals surface area contributed by atoms with E-state index in [0.717, 1.165) is 0 Å². The van der Waals surface area contributed by atoms with Crippen LogP contribution in [0.15, 0.2) is 40.8 Å². The Kier molecular flexibility index (Phi) is 3.41. The van der Waals surface area contributed by atoms with Crippen molar-refractivity contribution in [3.63, 3.8) is 0 Å². The molecule has 3 rings (SSSR count). The van der Waals surface area contributed by atoms with E-state index in [9.17, 15) is 20.0 Å². The predicted octanol–water partition coefficient (Wildman–Crippen LogP) is 3.11. The van der Waals surface area contributed by atoms with Crippen LogP contribution >= 0.6 is 0 Å². The lowest BCUT2D eigenvalue weighted by Crippen LogP contribution is -1.97. The van der Waals surface area contributed by atoms with Gasteiger partial charge in [0.1, 0.15) is 11.3 Å². The van der Waals surface area contributed by atoms with Crippen molar-refractivity contribution in [1.82, 2.24) is 4.98 Å². The zero-order valence-electron chi connectivity index (χ0n) is 11.8. The second-order valence-corrected chi connectivity index (χ2v) is 4.62. The van der Waals surface area contributed by atoms with Gasteiger partial charge in [-0.3, -0.25) is 10.1 Å². The van der Waals surface area contributed by atoms with Crippen molar-refractivity contribution in [2.75, 3.05) is 7.11 Å². The third-order valence-electron chi connectivity index (χ3n) is 3.28. The van der Waals surface area contributed by atoms with Gasteiger partial charge >= 0.3 is 5.97 Å². The molecule has 0 saturated carbocycles. The Labute approximate surface area is 129 Å². The van der Waals surface area contributed by atoms with Crippen LogP contribution in [0.2, 0.25) is 0 Å².